The summed E-state index contributed by atoms with van der Waals surface area (Å²) in [6.45, 7) is 2.85. The molecule has 0 aromatic heterocycles. The van der Waals surface area contributed by atoms with E-state index in [9.17, 15) is 23.8 Å². The molecule has 11 nitrogen and oxygen atoms in total. The fraction of sp³-hybridized carbons (Fsp3) is 0.902. The van der Waals surface area contributed by atoms with Crippen molar-refractivity contribution in [1.29, 1.82) is 0 Å². The molecule has 0 aromatic rings. The lowest BCUT2D eigenvalue weighted by molar-refractivity contribution is -0.161. The van der Waals surface area contributed by atoms with Gasteiger partial charge < -0.3 is 25.2 Å². The average Bonchev–Trinajstić information content (AvgIpc) is 3.26. The Morgan fingerprint density at radius 3 is 1.16 bits per heavy atom. The highest BCUT2D eigenvalue weighted by Crippen LogP contribution is 2.43. The van der Waals surface area contributed by atoms with Crippen LogP contribution in [0.2, 0.25) is 0 Å². The predicted molar refractivity (Wildman–Crippen MR) is 259 cm³/mol. The van der Waals surface area contributed by atoms with Gasteiger partial charge in [-0.25, -0.2) is 4.57 Å². The van der Waals surface area contributed by atoms with Crippen LogP contribution >= 0.6 is 7.82 Å². The first-order chi connectivity index (χ1) is 30.6. The van der Waals surface area contributed by atoms with Crippen molar-refractivity contribution in [2.24, 2.45) is 5.73 Å². The Bertz CT molecular complexity index is 1120. The molecule has 4 N–H and O–H groups in total. The van der Waals surface area contributed by atoms with E-state index in [-0.39, 0.29) is 19.4 Å². The number of nitrogens with two attached hydrogens (primary N) is 1. The molecule has 12 heteroatoms. The highest BCUT2D eigenvalue weighted by Gasteiger charge is 2.28. The Labute approximate surface area is 386 Å². The summed E-state index contributed by atoms with van der Waals surface area (Å²) in [6, 6.07) is -1.52. The zero-order valence-electron chi connectivity index (χ0n) is 40.7. The van der Waals surface area contributed by atoms with Crippen molar-refractivity contribution in [2.45, 2.75) is 276 Å². The predicted octanol–water partition coefficient (Wildman–Crippen LogP) is 14.8. The topological polar surface area (TPSA) is 172 Å². The number of aliphatic carboxylic acids is 1. The van der Waals surface area contributed by atoms with Crippen molar-refractivity contribution < 1.29 is 47.5 Å². The van der Waals surface area contributed by atoms with Crippen LogP contribution < -0.4 is 5.73 Å². The van der Waals surface area contributed by atoms with Crippen LogP contribution in [0, 0.1) is 0 Å². The van der Waals surface area contributed by atoms with Gasteiger partial charge in [0.15, 0.2) is 6.10 Å². The Kier molecular flexibility index (Phi) is 45.4. The third-order valence-electron chi connectivity index (χ3n) is 11.8. The molecule has 0 heterocycles. The molecule has 0 aliphatic carbocycles. The van der Waals surface area contributed by atoms with Crippen molar-refractivity contribution >= 4 is 25.7 Å². The monoisotopic (exact) mass is 916 g/mol. The highest BCUT2D eigenvalue weighted by molar-refractivity contribution is 7.47. The molecule has 372 valence electrons. The number of hydrogen-bond donors (Lipinski definition) is 3. The number of hydrogen-bond acceptors (Lipinski definition) is 9. The summed E-state index contributed by atoms with van der Waals surface area (Å²) in [5.74, 6) is -2.36. The lowest BCUT2D eigenvalue weighted by atomic mass is 10.0. The molecule has 0 spiro atoms. The minimum atomic E-state index is -4.72. The van der Waals surface area contributed by atoms with Gasteiger partial charge in [-0.1, -0.05) is 225 Å². The number of carbonyl (C=O) groups is 3. The maximum Gasteiger partial charge on any atom is 0.472 e. The molecule has 0 aliphatic rings. The van der Waals surface area contributed by atoms with Crippen molar-refractivity contribution in [3.63, 3.8) is 0 Å². The van der Waals surface area contributed by atoms with Crippen LogP contribution in [0.5, 0.6) is 0 Å². The molecular formula is C51H98NO10P. The minimum Gasteiger partial charge on any atom is -0.480 e. The molecule has 0 radical (unpaired) electrons. The summed E-state index contributed by atoms with van der Waals surface area (Å²) in [5, 5.41) is 8.92. The van der Waals surface area contributed by atoms with Gasteiger partial charge in [0.1, 0.15) is 12.6 Å². The summed E-state index contributed by atoms with van der Waals surface area (Å²) in [4.78, 5) is 46.2. The Hall–Kier alpha value is -1.78. The number of phosphoric acid groups is 1. The third kappa shape index (κ3) is 46.5. The molecule has 0 fully saturated rings. The maximum absolute atomic E-state index is 12.7. The molecule has 0 bridgehead atoms. The molecule has 0 amide bonds. The Morgan fingerprint density at radius 1 is 0.476 bits per heavy atom. The van der Waals surface area contributed by atoms with Crippen LogP contribution in [0.25, 0.3) is 0 Å². The molecule has 0 saturated heterocycles. The Morgan fingerprint density at radius 2 is 0.794 bits per heavy atom. The van der Waals surface area contributed by atoms with Gasteiger partial charge >= 0.3 is 25.7 Å². The van der Waals surface area contributed by atoms with E-state index in [1.165, 1.54) is 180 Å². The molecule has 0 rings (SSSR count). The van der Waals surface area contributed by atoms with Gasteiger partial charge in [0.05, 0.1) is 13.2 Å². The second kappa shape index (κ2) is 46.7. The Balaban J connectivity index is 4.18. The van der Waals surface area contributed by atoms with Crippen LogP contribution in [0.3, 0.4) is 0 Å². The van der Waals surface area contributed by atoms with Crippen LogP contribution in [0.1, 0.15) is 264 Å². The number of carbonyl (C=O) groups excluding carboxylic acids is 2. The second-order valence-electron chi connectivity index (χ2n) is 18.0. The smallest absolute Gasteiger partial charge is 0.472 e. The van der Waals surface area contributed by atoms with Crippen molar-refractivity contribution in [1.82, 2.24) is 0 Å². The molecule has 1 unspecified atom stereocenters. The summed E-state index contributed by atoms with van der Waals surface area (Å²) in [5.41, 5.74) is 5.35. The summed E-state index contributed by atoms with van der Waals surface area (Å²) in [7, 11) is -4.72. The van der Waals surface area contributed by atoms with Crippen molar-refractivity contribution in [3.8, 4) is 0 Å². The first-order valence-electron chi connectivity index (χ1n) is 26.2. The van der Waals surface area contributed by atoms with Gasteiger partial charge in [0.2, 0.25) is 0 Å². The number of unbranched alkanes of at least 4 members (excludes halogenated alkanes) is 34. The van der Waals surface area contributed by atoms with E-state index in [2.05, 4.69) is 30.5 Å². The largest absolute Gasteiger partial charge is 0.480 e. The second-order valence-corrected chi connectivity index (χ2v) is 19.5. The van der Waals surface area contributed by atoms with E-state index < -0.39 is 51.1 Å². The number of allylic oxidation sites excluding steroid dienone is 2. The van der Waals surface area contributed by atoms with E-state index in [4.69, 9.17) is 24.8 Å². The number of phosphoric ester groups is 1. The number of carboxylic acid groups (broad SMARTS) is 1. The number of ether oxygens (including phenoxy) is 2. The molecule has 0 aliphatic heterocycles. The van der Waals surface area contributed by atoms with Gasteiger partial charge in [0, 0.05) is 12.8 Å². The van der Waals surface area contributed by atoms with Crippen LogP contribution in [-0.4, -0.2) is 59.9 Å². The van der Waals surface area contributed by atoms with E-state index in [0.29, 0.717) is 12.8 Å². The summed E-state index contributed by atoms with van der Waals surface area (Å²) < 4.78 is 32.9. The quantitative estimate of drug-likeness (QED) is 0.0229. The zero-order valence-corrected chi connectivity index (χ0v) is 41.6. The molecule has 0 saturated carbocycles. The van der Waals surface area contributed by atoms with Gasteiger partial charge in [-0.2, -0.15) is 0 Å². The molecular weight excluding hydrogens is 818 g/mol. The molecule has 0 aromatic carbocycles. The van der Waals surface area contributed by atoms with E-state index in [1.807, 2.05) is 0 Å². The number of rotatable bonds is 50. The van der Waals surface area contributed by atoms with Gasteiger partial charge in [-0.15, -0.1) is 0 Å². The standard InChI is InChI=1S/C51H98NO10P/c1-3-5-7-9-11-13-15-17-19-21-22-23-24-25-27-28-30-32-34-36-38-40-42-49(53)59-44-47(45-60-63(57,58)61-46-48(52)51(55)56)62-50(54)43-41-39-37-35-33-31-29-26-20-18-16-14-12-10-8-6-4-2/h18,20,47-48H,3-17,19,21-46,52H2,1-2H3,(H,55,56)(H,57,58)/b20-18+/t47-,48+/m0/s1. The highest BCUT2D eigenvalue weighted by atomic mass is 31.2. The lowest BCUT2D eigenvalue weighted by Crippen LogP contribution is -2.34. The first-order valence-corrected chi connectivity index (χ1v) is 27.7. The SMILES string of the molecule is CCCCCCCC/C=C/CCCCCCCCCC(=O)O[C@@H](COC(=O)CCCCCCCCCCCCCCCCCCCCCCCC)COP(=O)(O)OC[C@@H](N)C(=O)O. The average molecular weight is 916 g/mol. The van der Waals surface area contributed by atoms with Gasteiger partial charge in [-0.3, -0.25) is 23.4 Å². The van der Waals surface area contributed by atoms with Crippen LogP contribution in [0.15, 0.2) is 12.2 Å². The van der Waals surface area contributed by atoms with Crippen molar-refractivity contribution in [3.05, 3.63) is 12.2 Å². The van der Waals surface area contributed by atoms with Gasteiger partial charge in [-0.05, 0) is 38.5 Å². The zero-order chi connectivity index (χ0) is 46.3. The van der Waals surface area contributed by atoms with Gasteiger partial charge in [0.25, 0.3) is 0 Å². The normalized spacial score (nSPS) is 13.6. The van der Waals surface area contributed by atoms with Crippen molar-refractivity contribution in [2.75, 3.05) is 19.8 Å². The fourth-order valence-electron chi connectivity index (χ4n) is 7.65. The summed E-state index contributed by atoms with van der Waals surface area (Å²) >= 11 is 0. The van der Waals surface area contributed by atoms with Crippen LogP contribution in [-0.2, 0) is 37.5 Å². The maximum atomic E-state index is 12.7. The third-order valence-corrected chi connectivity index (χ3v) is 12.7. The first kappa shape index (κ1) is 61.2. The van der Waals surface area contributed by atoms with E-state index in [1.54, 1.807) is 0 Å². The summed E-state index contributed by atoms with van der Waals surface area (Å²) in [6.07, 6.45) is 49.9. The molecule has 63 heavy (non-hydrogen) atoms. The minimum absolute atomic E-state index is 0.161. The van der Waals surface area contributed by atoms with E-state index >= 15 is 0 Å². The number of esters is 2. The van der Waals surface area contributed by atoms with Crippen LogP contribution in [0.4, 0.5) is 0 Å². The lowest BCUT2D eigenvalue weighted by Gasteiger charge is -2.20. The van der Waals surface area contributed by atoms with E-state index in [0.717, 1.165) is 44.9 Å². The fourth-order valence-corrected chi connectivity index (χ4v) is 8.43. The number of carboxylic acids is 1. The molecule has 3 atom stereocenters.